The molecule has 1 radical (unpaired) electrons. The summed E-state index contributed by atoms with van der Waals surface area (Å²) in [6.45, 7) is 0. The van der Waals surface area contributed by atoms with Gasteiger partial charge in [0, 0.05) is 0 Å². The number of carbonyl (C=O) groups excluding carboxylic acids is 2. The Morgan fingerprint density at radius 1 is 1.00 bits per heavy atom. The summed E-state index contributed by atoms with van der Waals surface area (Å²) >= 11 is -1.03. The second kappa shape index (κ2) is 4.24. The van der Waals surface area contributed by atoms with E-state index in [4.69, 9.17) is 7.58 Å². The molecular formula is C8H6AlO5. The van der Waals surface area contributed by atoms with Crippen LogP contribution in [-0.2, 0) is 7.58 Å². The summed E-state index contributed by atoms with van der Waals surface area (Å²) in [6, 6.07) is 6.28. The minimum atomic E-state index is -1.03. The lowest BCUT2D eigenvalue weighted by molar-refractivity contribution is 0.0621. The molecule has 0 aliphatic carbocycles. The lowest BCUT2D eigenvalue weighted by atomic mass is 10.1. The number of rotatable bonds is 0. The first kappa shape index (κ1) is 10.7. The maximum Gasteiger partial charge on any atom is 0.886 e. The highest BCUT2D eigenvalue weighted by molar-refractivity contribution is 6.29. The second-order valence-electron chi connectivity index (χ2n) is 2.49. The molecule has 71 valence electrons. The predicted molar refractivity (Wildman–Crippen MR) is 46.6 cm³/mol. The molecule has 2 bridgehead atoms. The van der Waals surface area contributed by atoms with Crippen molar-refractivity contribution in [3.8, 4) is 0 Å². The first-order chi connectivity index (χ1) is 6.27. The molecule has 0 saturated carbocycles. The van der Waals surface area contributed by atoms with Crippen LogP contribution in [0.5, 0.6) is 0 Å². The van der Waals surface area contributed by atoms with Crippen molar-refractivity contribution in [2.24, 2.45) is 0 Å². The summed E-state index contributed by atoms with van der Waals surface area (Å²) in [5, 5.41) is 0. The molecule has 0 atom stereocenters. The largest absolute Gasteiger partial charge is 0.886 e. The number of benzene rings is 1. The van der Waals surface area contributed by atoms with Crippen LogP contribution in [0.1, 0.15) is 20.7 Å². The fourth-order valence-electron chi connectivity index (χ4n) is 1.02. The molecule has 5 nitrogen and oxygen atoms in total. The molecule has 2 N–H and O–H groups in total. The third-order valence-corrected chi connectivity index (χ3v) is 2.26. The van der Waals surface area contributed by atoms with Crippen molar-refractivity contribution in [3.05, 3.63) is 35.4 Å². The van der Waals surface area contributed by atoms with Crippen molar-refractivity contribution in [3.63, 3.8) is 0 Å². The van der Waals surface area contributed by atoms with Crippen LogP contribution in [-0.4, -0.2) is 33.3 Å². The number of carbonyl (C=O) groups is 2. The topological polar surface area (TPSA) is 84.1 Å². The Labute approximate surface area is 86.3 Å². The van der Waals surface area contributed by atoms with Crippen LogP contribution >= 0.6 is 0 Å². The van der Waals surface area contributed by atoms with E-state index in [1.807, 2.05) is 0 Å². The Morgan fingerprint density at radius 3 is 2.00 bits per heavy atom. The molecule has 2 rings (SSSR count). The van der Waals surface area contributed by atoms with Crippen LogP contribution in [0.15, 0.2) is 24.3 Å². The van der Waals surface area contributed by atoms with Gasteiger partial charge in [0.2, 0.25) is 0 Å². The minimum Gasteiger partial charge on any atom is -0.586 e. The van der Waals surface area contributed by atoms with Gasteiger partial charge in [-0.1, -0.05) is 6.07 Å². The van der Waals surface area contributed by atoms with Crippen molar-refractivity contribution >= 4 is 27.8 Å². The molecule has 0 spiro atoms. The van der Waals surface area contributed by atoms with Crippen molar-refractivity contribution in [2.45, 2.75) is 0 Å². The van der Waals surface area contributed by atoms with E-state index in [0.29, 0.717) is 11.1 Å². The Kier molecular flexibility index (Phi) is 3.25. The monoisotopic (exact) mass is 209 g/mol. The Hall–Kier alpha value is -1.35. The maximum atomic E-state index is 11.1. The summed E-state index contributed by atoms with van der Waals surface area (Å²) in [4.78, 5) is 22.3. The zero-order chi connectivity index (χ0) is 9.26. The molecule has 0 amide bonds. The zero-order valence-corrected chi connectivity index (χ0v) is 8.17. The van der Waals surface area contributed by atoms with Gasteiger partial charge >= 0.3 is 27.8 Å². The van der Waals surface area contributed by atoms with E-state index in [-0.39, 0.29) is 5.48 Å². The first-order valence-electron chi connectivity index (χ1n) is 3.61. The average molecular weight is 209 g/mol. The fraction of sp³-hybridized carbons (Fsp3) is 0. The van der Waals surface area contributed by atoms with Crippen LogP contribution in [0.25, 0.3) is 0 Å². The molecule has 0 fully saturated rings. The second-order valence-corrected chi connectivity index (χ2v) is 3.15. The van der Waals surface area contributed by atoms with E-state index in [1.54, 1.807) is 18.2 Å². The van der Waals surface area contributed by atoms with Crippen LogP contribution in [0, 0.1) is 0 Å². The third-order valence-electron chi connectivity index (χ3n) is 1.64. The fourth-order valence-corrected chi connectivity index (χ4v) is 1.52. The first-order valence-corrected chi connectivity index (χ1v) is 4.55. The maximum absolute atomic E-state index is 11.1. The molecule has 6 heteroatoms. The third kappa shape index (κ3) is 1.93. The van der Waals surface area contributed by atoms with Crippen LogP contribution < -0.4 is 0 Å². The number of hydrogen-bond donors (Lipinski definition) is 0. The molecule has 0 unspecified atom stereocenters. The van der Waals surface area contributed by atoms with E-state index in [0.717, 1.165) is 0 Å². The van der Waals surface area contributed by atoms with E-state index >= 15 is 0 Å². The zero-order valence-electron chi connectivity index (χ0n) is 7.02. The van der Waals surface area contributed by atoms with Gasteiger partial charge in [-0.25, -0.2) is 9.59 Å². The highest BCUT2D eigenvalue weighted by Gasteiger charge is 2.20. The molecule has 1 aliphatic heterocycles. The van der Waals surface area contributed by atoms with Gasteiger partial charge in [-0.15, -0.1) is 0 Å². The van der Waals surface area contributed by atoms with Crippen molar-refractivity contribution in [1.29, 1.82) is 0 Å². The van der Waals surface area contributed by atoms with Gasteiger partial charge in [0.05, 0.1) is 11.1 Å². The Balaban J connectivity index is 0.000000980. The standard InChI is InChI=1S/C8H6O4.Al.H2O/c9-7(10)5-2-1-3-6(4-5)8(11)12;;/h1-4H,(H,9,10)(H,11,12);;1H2/q;+2;/p-2. The highest BCUT2D eigenvalue weighted by Crippen LogP contribution is 2.10. The molecule has 1 aliphatic rings. The van der Waals surface area contributed by atoms with Crippen molar-refractivity contribution < 1.29 is 22.6 Å². The highest BCUT2D eigenvalue weighted by atomic mass is 27.2. The van der Waals surface area contributed by atoms with Gasteiger partial charge in [0.1, 0.15) is 0 Å². The van der Waals surface area contributed by atoms with E-state index in [2.05, 4.69) is 0 Å². The van der Waals surface area contributed by atoms with Gasteiger partial charge < -0.3 is 13.1 Å². The van der Waals surface area contributed by atoms with Gasteiger partial charge in [-0.2, -0.15) is 0 Å². The summed E-state index contributed by atoms with van der Waals surface area (Å²) in [5.41, 5.74) is 0.781. The van der Waals surface area contributed by atoms with Gasteiger partial charge in [-0.3, -0.25) is 0 Å². The van der Waals surface area contributed by atoms with E-state index in [1.165, 1.54) is 6.07 Å². The van der Waals surface area contributed by atoms with Crippen LogP contribution in [0.2, 0.25) is 0 Å². The SMILES string of the molecule is O.O=C1[O][Al][O]C(=O)c2cccc1c2. The quantitative estimate of drug-likeness (QED) is 0.550. The van der Waals surface area contributed by atoms with E-state index in [9.17, 15) is 9.59 Å². The Morgan fingerprint density at radius 2 is 1.50 bits per heavy atom. The minimum absolute atomic E-state index is 0. The molecule has 1 aromatic carbocycles. The smallest absolute Gasteiger partial charge is 0.586 e. The number of hydrogen-bond acceptors (Lipinski definition) is 4. The Bertz CT molecular complexity index is 344. The molecule has 14 heavy (non-hydrogen) atoms. The molecule has 0 aromatic heterocycles. The summed E-state index contributed by atoms with van der Waals surface area (Å²) in [5.74, 6) is -0.881. The molecular weight excluding hydrogens is 203 g/mol. The average Bonchev–Trinajstić information content (AvgIpc) is 2.16. The molecule has 0 saturated heterocycles. The lowest BCUT2D eigenvalue weighted by Crippen LogP contribution is -2.19. The van der Waals surface area contributed by atoms with Crippen LogP contribution in [0.3, 0.4) is 0 Å². The lowest BCUT2D eigenvalue weighted by Gasteiger charge is -2.10. The molecule has 1 aromatic rings. The normalized spacial score (nSPS) is 13.7. The summed E-state index contributed by atoms with van der Waals surface area (Å²) in [7, 11) is 0. The predicted octanol–water partition coefficient (Wildman–Crippen LogP) is -0.277. The summed E-state index contributed by atoms with van der Waals surface area (Å²) < 4.78 is 9.39. The van der Waals surface area contributed by atoms with Crippen molar-refractivity contribution in [1.82, 2.24) is 0 Å². The van der Waals surface area contributed by atoms with Gasteiger partial charge in [0.15, 0.2) is 0 Å². The molecule has 1 heterocycles. The van der Waals surface area contributed by atoms with Gasteiger partial charge in [-0.05, 0) is 18.2 Å². The van der Waals surface area contributed by atoms with Gasteiger partial charge in [0.25, 0.3) is 0 Å². The van der Waals surface area contributed by atoms with Crippen molar-refractivity contribution in [2.75, 3.05) is 0 Å². The number of fused-ring (bicyclic) bond motifs is 2. The van der Waals surface area contributed by atoms with Crippen LogP contribution in [0.4, 0.5) is 0 Å². The van der Waals surface area contributed by atoms with E-state index < -0.39 is 27.8 Å². The summed E-state index contributed by atoms with van der Waals surface area (Å²) in [6.07, 6.45) is 0.